The van der Waals surface area contributed by atoms with Crippen LogP contribution in [-0.2, 0) is 42.6 Å². The van der Waals surface area contributed by atoms with Crippen molar-refractivity contribution in [2.24, 2.45) is 0 Å². The van der Waals surface area contributed by atoms with Crippen LogP contribution in [0, 0.1) is 0 Å². The molecule has 2 aliphatic rings. The topological polar surface area (TPSA) is 131 Å². The van der Waals surface area contributed by atoms with Crippen LogP contribution >= 0.6 is 0 Å². The normalized spacial score (nSPS) is 19.9. The first-order chi connectivity index (χ1) is 19.0. The summed E-state index contributed by atoms with van der Waals surface area (Å²) in [4.78, 5) is 13.5. The molecule has 0 aromatic heterocycles. The summed E-state index contributed by atoms with van der Waals surface area (Å²) in [6, 6.07) is 3.08. The van der Waals surface area contributed by atoms with Gasteiger partial charge in [-0.15, -0.1) is 0 Å². The van der Waals surface area contributed by atoms with E-state index >= 15 is 0 Å². The Morgan fingerprint density at radius 3 is 1.90 bits per heavy atom. The van der Waals surface area contributed by atoms with Gasteiger partial charge in [-0.3, -0.25) is 4.79 Å². The number of ketones is 1. The van der Waals surface area contributed by atoms with Gasteiger partial charge >= 0.3 is 0 Å². The Labute approximate surface area is 226 Å². The number of carbonyl (C=O) groups excluding carboxylic acids is 1. The van der Waals surface area contributed by atoms with E-state index in [2.05, 4.69) is 0 Å². The number of ether oxygens (including phenoxy) is 12. The highest BCUT2D eigenvalue weighted by molar-refractivity contribution is 6.09. The Kier molecular flexibility index (Phi) is 11.6. The Balaban J connectivity index is 1.97. The molecule has 1 heterocycles. The van der Waals surface area contributed by atoms with Crippen LogP contribution in [0.15, 0.2) is 47.5 Å². The van der Waals surface area contributed by atoms with Gasteiger partial charge in [-0.2, -0.15) is 0 Å². The molecule has 13 nitrogen and oxygen atoms in total. The van der Waals surface area contributed by atoms with Crippen molar-refractivity contribution in [1.29, 1.82) is 0 Å². The molecule has 0 radical (unpaired) electrons. The molecule has 1 aromatic rings. The van der Waals surface area contributed by atoms with Gasteiger partial charge in [0.1, 0.15) is 28.9 Å². The molecule has 2 unspecified atom stereocenters. The Hall–Kier alpha value is -3.17. The maximum Gasteiger partial charge on any atom is 0.264 e. The second-order valence-electron chi connectivity index (χ2n) is 7.95. The molecule has 0 spiro atoms. The first kappa shape index (κ1) is 30.4. The average molecular weight is 555 g/mol. The SMILES string of the molecule is COCOC1=C(OCOC)C2(OC)OC2C(C=CC(=O)c2c(OCOC)cc(OCOC)cc2OCOC)=C1. The van der Waals surface area contributed by atoms with E-state index in [1.165, 1.54) is 60.9 Å². The third-order valence-corrected chi connectivity index (χ3v) is 5.40. The number of methoxy groups -OCH3 is 6. The van der Waals surface area contributed by atoms with Crippen LogP contribution in [0.4, 0.5) is 0 Å². The second-order valence-corrected chi connectivity index (χ2v) is 7.95. The van der Waals surface area contributed by atoms with Gasteiger partial charge in [-0.05, 0) is 17.7 Å². The number of benzene rings is 1. The van der Waals surface area contributed by atoms with E-state index in [0.717, 1.165) is 0 Å². The van der Waals surface area contributed by atoms with E-state index in [0.29, 0.717) is 22.8 Å². The zero-order valence-electron chi connectivity index (χ0n) is 22.8. The van der Waals surface area contributed by atoms with Gasteiger partial charge in [-0.1, -0.05) is 6.08 Å². The van der Waals surface area contributed by atoms with Gasteiger partial charge in [0.05, 0.1) is 0 Å². The summed E-state index contributed by atoms with van der Waals surface area (Å²) in [6.07, 6.45) is 4.07. The van der Waals surface area contributed by atoms with Crippen molar-refractivity contribution >= 4 is 5.78 Å². The molecule has 13 heteroatoms. The highest BCUT2D eigenvalue weighted by Crippen LogP contribution is 2.52. The average Bonchev–Trinajstić information content (AvgIpc) is 3.70. The van der Waals surface area contributed by atoms with Gasteiger partial charge in [0, 0.05) is 54.8 Å². The van der Waals surface area contributed by atoms with Crippen molar-refractivity contribution in [2.75, 3.05) is 76.6 Å². The summed E-state index contributed by atoms with van der Waals surface area (Å²) in [5.74, 6) is -0.332. The van der Waals surface area contributed by atoms with E-state index < -0.39 is 17.7 Å². The predicted molar refractivity (Wildman–Crippen MR) is 133 cm³/mol. The molecule has 0 amide bonds. The van der Waals surface area contributed by atoms with Crippen molar-refractivity contribution in [3.63, 3.8) is 0 Å². The van der Waals surface area contributed by atoms with Gasteiger partial charge in [0.15, 0.2) is 45.5 Å². The Morgan fingerprint density at radius 1 is 0.795 bits per heavy atom. The van der Waals surface area contributed by atoms with Crippen molar-refractivity contribution in [1.82, 2.24) is 0 Å². The smallest absolute Gasteiger partial charge is 0.264 e. The molecular weight excluding hydrogens is 520 g/mol. The molecule has 39 heavy (non-hydrogen) atoms. The maximum atomic E-state index is 13.5. The molecule has 1 fully saturated rings. The molecular formula is C26H34O13. The summed E-state index contributed by atoms with van der Waals surface area (Å²) >= 11 is 0. The minimum absolute atomic E-state index is 0.0193. The number of epoxide rings is 1. The molecule has 3 rings (SSSR count). The van der Waals surface area contributed by atoms with Crippen LogP contribution in [0.5, 0.6) is 17.2 Å². The number of hydrogen-bond acceptors (Lipinski definition) is 13. The van der Waals surface area contributed by atoms with Crippen LogP contribution in [0.25, 0.3) is 0 Å². The lowest BCUT2D eigenvalue weighted by atomic mass is 9.98. The summed E-state index contributed by atoms with van der Waals surface area (Å²) < 4.78 is 64.8. The molecule has 0 N–H and O–H groups in total. The van der Waals surface area contributed by atoms with E-state index in [1.807, 2.05) is 0 Å². The monoisotopic (exact) mass is 554 g/mol. The first-order valence-electron chi connectivity index (χ1n) is 11.7. The van der Waals surface area contributed by atoms with Crippen molar-refractivity contribution in [3.05, 3.63) is 53.0 Å². The van der Waals surface area contributed by atoms with E-state index in [1.54, 1.807) is 12.2 Å². The van der Waals surface area contributed by atoms with Gasteiger partial charge in [-0.25, -0.2) is 0 Å². The molecule has 0 saturated carbocycles. The molecule has 2 atom stereocenters. The number of allylic oxidation sites excluding steroid dienone is 2. The highest BCUT2D eigenvalue weighted by Gasteiger charge is 2.66. The standard InChI is InChI=1S/C26H34O13/c1-28-12-34-18-10-20(35-13-29-2)23(21(11-18)36-14-30-3)19(27)8-7-17-9-22(37-15-31-4)25(38-16-32-5)26(33-6)24(17)39-26/h7-11,24H,12-16H2,1-6H3. The minimum atomic E-state index is -1.22. The number of fused-ring (bicyclic) bond motifs is 1. The quantitative estimate of drug-likeness (QED) is 0.107. The largest absolute Gasteiger partial charge is 0.467 e. The second kappa shape index (κ2) is 14.8. The molecule has 1 saturated heterocycles. The predicted octanol–water partition coefficient (Wildman–Crippen LogP) is 2.51. The lowest BCUT2D eigenvalue weighted by Crippen LogP contribution is -2.29. The van der Waals surface area contributed by atoms with E-state index in [4.69, 9.17) is 56.8 Å². The maximum absolute atomic E-state index is 13.5. The lowest BCUT2D eigenvalue weighted by molar-refractivity contribution is -0.0804. The summed E-state index contributed by atoms with van der Waals surface area (Å²) in [7, 11) is 8.87. The molecule has 1 aliphatic carbocycles. The van der Waals surface area contributed by atoms with Crippen LogP contribution in [0.1, 0.15) is 10.4 Å². The van der Waals surface area contributed by atoms with Crippen molar-refractivity contribution in [2.45, 2.75) is 11.9 Å². The Bertz CT molecular complexity index is 1030. The third-order valence-electron chi connectivity index (χ3n) is 5.40. The molecule has 216 valence electrons. The van der Waals surface area contributed by atoms with Gasteiger partial charge in [0.2, 0.25) is 5.76 Å². The third kappa shape index (κ3) is 7.28. The first-order valence-corrected chi connectivity index (χ1v) is 11.7. The zero-order valence-corrected chi connectivity index (χ0v) is 22.8. The fraction of sp³-hybridized carbons (Fsp3) is 0.500. The Morgan fingerprint density at radius 2 is 1.33 bits per heavy atom. The van der Waals surface area contributed by atoms with Crippen LogP contribution < -0.4 is 14.2 Å². The summed E-state index contributed by atoms with van der Waals surface area (Å²) in [5.41, 5.74) is 0.728. The molecule has 1 aromatic carbocycles. The van der Waals surface area contributed by atoms with Gasteiger partial charge < -0.3 is 56.8 Å². The summed E-state index contributed by atoms with van der Waals surface area (Å²) in [5, 5.41) is 0. The van der Waals surface area contributed by atoms with Crippen LogP contribution in [0.2, 0.25) is 0 Å². The van der Waals surface area contributed by atoms with Gasteiger partial charge in [0.25, 0.3) is 5.79 Å². The number of hydrogen-bond donors (Lipinski definition) is 0. The van der Waals surface area contributed by atoms with Crippen LogP contribution in [-0.4, -0.2) is 94.3 Å². The lowest BCUT2D eigenvalue weighted by Gasteiger charge is -2.22. The molecule has 1 aliphatic heterocycles. The van der Waals surface area contributed by atoms with Crippen molar-refractivity contribution in [3.8, 4) is 17.2 Å². The highest BCUT2D eigenvalue weighted by atomic mass is 16.8. The van der Waals surface area contributed by atoms with E-state index in [9.17, 15) is 4.79 Å². The zero-order chi connectivity index (χ0) is 28.3. The van der Waals surface area contributed by atoms with E-state index in [-0.39, 0.29) is 51.0 Å². The summed E-state index contributed by atoms with van der Waals surface area (Å²) in [6.45, 7) is -0.354. The number of rotatable bonds is 19. The fourth-order valence-corrected chi connectivity index (χ4v) is 3.71. The fourth-order valence-electron chi connectivity index (χ4n) is 3.71. The van der Waals surface area contributed by atoms with Crippen LogP contribution in [0.3, 0.4) is 0 Å². The minimum Gasteiger partial charge on any atom is -0.467 e. The van der Waals surface area contributed by atoms with Crippen molar-refractivity contribution < 1.29 is 61.6 Å². The molecule has 0 bridgehead atoms. The number of carbonyl (C=O) groups is 1.